The SMILES string of the molecule is C[C@H](OC1CCCCO1)c1nccn1/C(C#Cc1ccc(CN2CC(C(N)=O)C2)cc1)=N/O. The number of aromatic nitrogens is 2. The first-order chi connectivity index (χ1) is 16.0. The van der Waals surface area contributed by atoms with Crippen molar-refractivity contribution in [1.29, 1.82) is 0 Å². The van der Waals surface area contributed by atoms with Gasteiger partial charge in [-0.1, -0.05) is 23.2 Å². The van der Waals surface area contributed by atoms with E-state index in [9.17, 15) is 10.0 Å². The molecule has 0 aliphatic carbocycles. The van der Waals surface area contributed by atoms with Crippen LogP contribution in [-0.2, 0) is 20.8 Å². The quantitative estimate of drug-likeness (QED) is 0.228. The number of primary amides is 1. The van der Waals surface area contributed by atoms with E-state index in [1.165, 1.54) is 0 Å². The third kappa shape index (κ3) is 5.79. The van der Waals surface area contributed by atoms with E-state index in [1.807, 2.05) is 31.2 Å². The van der Waals surface area contributed by atoms with E-state index >= 15 is 0 Å². The molecular weight excluding hydrogens is 422 g/mol. The Hall–Kier alpha value is -3.19. The second kappa shape index (κ2) is 10.6. The molecule has 33 heavy (non-hydrogen) atoms. The first-order valence-corrected chi connectivity index (χ1v) is 11.2. The Morgan fingerprint density at radius 3 is 2.82 bits per heavy atom. The number of likely N-dealkylation sites (tertiary alicyclic amines) is 1. The molecule has 2 saturated heterocycles. The summed E-state index contributed by atoms with van der Waals surface area (Å²) in [5.41, 5.74) is 7.24. The van der Waals surface area contributed by atoms with Crippen molar-refractivity contribution in [2.75, 3.05) is 19.7 Å². The third-order valence-corrected chi connectivity index (χ3v) is 5.89. The number of ether oxygens (including phenoxy) is 2. The molecular formula is C24H29N5O4. The van der Waals surface area contributed by atoms with Crippen LogP contribution in [0.2, 0.25) is 0 Å². The highest BCUT2D eigenvalue weighted by Crippen LogP contribution is 2.23. The second-order valence-corrected chi connectivity index (χ2v) is 8.39. The number of carbonyl (C=O) groups is 1. The van der Waals surface area contributed by atoms with Crippen LogP contribution in [0.5, 0.6) is 0 Å². The maximum atomic E-state index is 11.1. The van der Waals surface area contributed by atoms with Crippen molar-refractivity contribution >= 4 is 11.7 Å². The fourth-order valence-corrected chi connectivity index (χ4v) is 3.99. The third-order valence-electron chi connectivity index (χ3n) is 5.89. The summed E-state index contributed by atoms with van der Waals surface area (Å²) < 4.78 is 13.3. The number of imidazole rings is 1. The number of carbonyl (C=O) groups excluding carboxylic acids is 1. The van der Waals surface area contributed by atoms with Crippen LogP contribution in [0.3, 0.4) is 0 Å². The standard InChI is InChI=1S/C24H29N5O4/c1-17(33-22-4-2-3-13-32-22)24-26-11-12-29(24)21(27-31)10-9-18-5-7-19(8-6-18)14-28-15-20(16-28)23(25)30/h5-8,11-12,17,20,22,31H,2-4,13-16H2,1H3,(H2,25,30)/b27-21+/t17-,22?/m0/s1. The highest BCUT2D eigenvalue weighted by molar-refractivity contribution is 6.00. The van der Waals surface area contributed by atoms with Gasteiger partial charge in [0, 0.05) is 44.2 Å². The van der Waals surface area contributed by atoms with E-state index < -0.39 is 0 Å². The first kappa shape index (κ1) is 23.0. The summed E-state index contributed by atoms with van der Waals surface area (Å²) in [6.45, 7) is 4.76. The summed E-state index contributed by atoms with van der Waals surface area (Å²) in [6.07, 6.45) is 5.69. The van der Waals surface area contributed by atoms with E-state index in [1.54, 1.807) is 17.0 Å². The fourth-order valence-electron chi connectivity index (χ4n) is 3.99. The Morgan fingerprint density at radius 1 is 1.36 bits per heavy atom. The predicted molar refractivity (Wildman–Crippen MR) is 121 cm³/mol. The van der Waals surface area contributed by atoms with Crippen molar-refractivity contribution in [3.63, 3.8) is 0 Å². The Kier molecular flexibility index (Phi) is 7.40. The molecule has 1 amide bonds. The molecule has 0 saturated carbocycles. The summed E-state index contributed by atoms with van der Waals surface area (Å²) in [6, 6.07) is 7.84. The van der Waals surface area contributed by atoms with Gasteiger partial charge in [-0.05, 0) is 49.8 Å². The van der Waals surface area contributed by atoms with Crippen molar-refractivity contribution in [3.8, 4) is 11.8 Å². The molecule has 4 rings (SSSR count). The smallest absolute Gasteiger partial charge is 0.229 e. The minimum atomic E-state index is -0.350. The van der Waals surface area contributed by atoms with E-state index in [-0.39, 0.29) is 30.1 Å². The number of hydrogen-bond acceptors (Lipinski definition) is 7. The van der Waals surface area contributed by atoms with Gasteiger partial charge in [0.05, 0.1) is 5.92 Å². The lowest BCUT2D eigenvalue weighted by Gasteiger charge is -2.37. The zero-order valence-electron chi connectivity index (χ0n) is 18.7. The average molecular weight is 452 g/mol. The van der Waals surface area contributed by atoms with Gasteiger partial charge in [-0.25, -0.2) is 4.98 Å². The van der Waals surface area contributed by atoms with Crippen molar-refractivity contribution < 1.29 is 19.5 Å². The van der Waals surface area contributed by atoms with Gasteiger partial charge < -0.3 is 20.4 Å². The Balaban J connectivity index is 1.38. The number of rotatable bonds is 6. The zero-order chi connectivity index (χ0) is 23.2. The van der Waals surface area contributed by atoms with Gasteiger partial charge in [-0.2, -0.15) is 0 Å². The van der Waals surface area contributed by atoms with Gasteiger partial charge in [0.2, 0.25) is 11.7 Å². The minimum absolute atomic E-state index is 0.0392. The molecule has 0 spiro atoms. The maximum absolute atomic E-state index is 11.1. The van der Waals surface area contributed by atoms with E-state index in [0.29, 0.717) is 25.5 Å². The van der Waals surface area contributed by atoms with Crippen molar-refractivity contribution in [1.82, 2.24) is 14.5 Å². The molecule has 1 unspecified atom stereocenters. The van der Waals surface area contributed by atoms with Gasteiger partial charge in [0.15, 0.2) is 6.29 Å². The summed E-state index contributed by atoms with van der Waals surface area (Å²) in [5, 5.41) is 12.9. The van der Waals surface area contributed by atoms with Gasteiger partial charge in [0.25, 0.3) is 0 Å². The van der Waals surface area contributed by atoms with E-state index in [2.05, 4.69) is 26.9 Å². The van der Waals surface area contributed by atoms with Gasteiger partial charge >= 0.3 is 0 Å². The van der Waals surface area contributed by atoms with Gasteiger partial charge in [-0.15, -0.1) is 0 Å². The lowest BCUT2D eigenvalue weighted by atomic mass is 9.98. The molecule has 0 bridgehead atoms. The van der Waals surface area contributed by atoms with Gasteiger partial charge in [-0.3, -0.25) is 14.3 Å². The molecule has 2 aromatic rings. The largest absolute Gasteiger partial charge is 0.409 e. The molecule has 3 heterocycles. The topological polar surface area (TPSA) is 115 Å². The van der Waals surface area contributed by atoms with Crippen LogP contribution in [0.15, 0.2) is 41.8 Å². The normalized spacial score (nSPS) is 20.5. The minimum Gasteiger partial charge on any atom is -0.409 e. The Bertz CT molecular complexity index is 1040. The molecule has 2 aliphatic heterocycles. The first-order valence-electron chi connectivity index (χ1n) is 11.2. The number of nitrogens with zero attached hydrogens (tertiary/aromatic N) is 4. The second-order valence-electron chi connectivity index (χ2n) is 8.39. The summed E-state index contributed by atoms with van der Waals surface area (Å²) >= 11 is 0. The van der Waals surface area contributed by atoms with Crippen LogP contribution >= 0.6 is 0 Å². The molecule has 2 atom stereocenters. The molecule has 0 radical (unpaired) electrons. The molecule has 2 fully saturated rings. The average Bonchev–Trinajstić information content (AvgIpc) is 3.28. The maximum Gasteiger partial charge on any atom is 0.229 e. The molecule has 1 aromatic heterocycles. The van der Waals surface area contributed by atoms with Crippen LogP contribution in [-0.4, -0.2) is 57.4 Å². The van der Waals surface area contributed by atoms with Crippen LogP contribution < -0.4 is 5.73 Å². The monoisotopic (exact) mass is 451 g/mol. The van der Waals surface area contributed by atoms with Crippen molar-refractivity contribution in [2.24, 2.45) is 16.8 Å². The zero-order valence-corrected chi connectivity index (χ0v) is 18.7. The summed E-state index contributed by atoms with van der Waals surface area (Å²) in [5.74, 6) is 6.42. The van der Waals surface area contributed by atoms with E-state index in [0.717, 1.165) is 36.9 Å². The number of hydrogen-bond donors (Lipinski definition) is 2. The number of benzene rings is 1. The molecule has 9 nitrogen and oxygen atoms in total. The number of nitrogens with two attached hydrogens (primary N) is 1. The molecule has 9 heteroatoms. The lowest BCUT2D eigenvalue weighted by Crippen LogP contribution is -2.51. The van der Waals surface area contributed by atoms with E-state index in [4.69, 9.17) is 15.2 Å². The highest BCUT2D eigenvalue weighted by Gasteiger charge is 2.30. The summed E-state index contributed by atoms with van der Waals surface area (Å²) in [7, 11) is 0. The molecule has 1 aromatic carbocycles. The summed E-state index contributed by atoms with van der Waals surface area (Å²) in [4.78, 5) is 17.7. The predicted octanol–water partition coefficient (Wildman–Crippen LogP) is 2.09. The van der Waals surface area contributed by atoms with Crippen LogP contribution in [0.4, 0.5) is 0 Å². The fraction of sp³-hybridized carbons (Fsp3) is 0.458. The highest BCUT2D eigenvalue weighted by atomic mass is 16.7. The van der Waals surface area contributed by atoms with Crippen LogP contribution in [0.25, 0.3) is 0 Å². The molecule has 174 valence electrons. The number of oxime groups is 1. The van der Waals surface area contributed by atoms with Crippen LogP contribution in [0, 0.1) is 17.8 Å². The van der Waals surface area contributed by atoms with Crippen molar-refractivity contribution in [3.05, 3.63) is 53.6 Å². The number of amides is 1. The van der Waals surface area contributed by atoms with Crippen molar-refractivity contribution in [2.45, 2.75) is 45.1 Å². The molecule has 2 aliphatic rings. The van der Waals surface area contributed by atoms with Crippen LogP contribution in [0.1, 0.15) is 49.2 Å². The Labute approximate surface area is 193 Å². The lowest BCUT2D eigenvalue weighted by molar-refractivity contribution is -0.187. The van der Waals surface area contributed by atoms with Gasteiger partial charge in [0.1, 0.15) is 11.9 Å². The molecule has 3 N–H and O–H groups in total. The Morgan fingerprint density at radius 2 is 2.15 bits per heavy atom.